The number of likely N-dealkylation sites (tertiary alicyclic amines) is 1. The molecule has 5 heteroatoms. The van der Waals surface area contributed by atoms with E-state index in [4.69, 9.17) is 9.84 Å². The van der Waals surface area contributed by atoms with Crippen molar-refractivity contribution in [3.05, 3.63) is 0 Å². The third kappa shape index (κ3) is 2.66. The van der Waals surface area contributed by atoms with Crippen LogP contribution in [0.1, 0.15) is 32.1 Å². The van der Waals surface area contributed by atoms with Crippen LogP contribution in [0, 0.1) is 11.3 Å². The van der Waals surface area contributed by atoms with E-state index in [1.54, 1.807) is 7.11 Å². The predicted octanol–water partition coefficient (Wildman–Crippen LogP) is 1.13. The molecule has 102 valence electrons. The zero-order valence-electron chi connectivity index (χ0n) is 10.9. The first-order chi connectivity index (χ1) is 8.59. The van der Waals surface area contributed by atoms with Crippen LogP contribution in [0.5, 0.6) is 0 Å². The molecular weight excluding hydrogens is 234 g/mol. The minimum atomic E-state index is -0.671. The number of methoxy groups -OCH3 is 1. The Bertz CT molecular complexity index is 334. The van der Waals surface area contributed by atoms with E-state index in [-0.39, 0.29) is 17.2 Å². The normalized spacial score (nSPS) is 25.2. The van der Waals surface area contributed by atoms with Crippen LogP contribution in [0.15, 0.2) is 0 Å². The Hall–Kier alpha value is -1.10. The molecule has 1 saturated heterocycles. The predicted molar refractivity (Wildman–Crippen MR) is 65.1 cm³/mol. The molecule has 2 rings (SSSR count). The van der Waals surface area contributed by atoms with Crippen LogP contribution >= 0.6 is 0 Å². The van der Waals surface area contributed by atoms with E-state index in [1.807, 2.05) is 4.90 Å². The SMILES string of the molecule is COCCCC(=O)N1CCC2(CC1)CC2C(=O)O. The Labute approximate surface area is 107 Å². The first-order valence-electron chi connectivity index (χ1n) is 6.58. The summed E-state index contributed by atoms with van der Waals surface area (Å²) in [6.45, 7) is 2.05. The number of piperidine rings is 1. The quantitative estimate of drug-likeness (QED) is 0.748. The lowest BCUT2D eigenvalue weighted by molar-refractivity contribution is -0.139. The number of hydrogen-bond donors (Lipinski definition) is 1. The van der Waals surface area contributed by atoms with Gasteiger partial charge in [0.15, 0.2) is 0 Å². The molecule has 2 aliphatic rings. The van der Waals surface area contributed by atoms with Crippen molar-refractivity contribution in [1.29, 1.82) is 0 Å². The van der Waals surface area contributed by atoms with E-state index >= 15 is 0 Å². The molecule has 1 aliphatic heterocycles. The second kappa shape index (κ2) is 5.26. The van der Waals surface area contributed by atoms with Gasteiger partial charge >= 0.3 is 5.97 Å². The van der Waals surface area contributed by atoms with Crippen LogP contribution in [0.4, 0.5) is 0 Å². The maximum Gasteiger partial charge on any atom is 0.307 e. The van der Waals surface area contributed by atoms with Gasteiger partial charge in [-0.2, -0.15) is 0 Å². The Kier molecular flexibility index (Phi) is 3.90. The minimum Gasteiger partial charge on any atom is -0.481 e. The number of hydrogen-bond acceptors (Lipinski definition) is 3. The monoisotopic (exact) mass is 255 g/mol. The van der Waals surface area contributed by atoms with Crippen molar-refractivity contribution in [3.63, 3.8) is 0 Å². The van der Waals surface area contributed by atoms with Crippen LogP contribution in [0.3, 0.4) is 0 Å². The number of rotatable bonds is 5. The van der Waals surface area contributed by atoms with E-state index in [1.165, 1.54) is 0 Å². The maximum absolute atomic E-state index is 11.9. The highest BCUT2D eigenvalue weighted by Gasteiger charge is 2.59. The molecule has 0 aromatic carbocycles. The summed E-state index contributed by atoms with van der Waals surface area (Å²) in [6.07, 6.45) is 3.78. The second-order valence-corrected chi connectivity index (χ2v) is 5.43. The van der Waals surface area contributed by atoms with Crippen LogP contribution in [0.2, 0.25) is 0 Å². The van der Waals surface area contributed by atoms with Crippen molar-refractivity contribution in [2.75, 3.05) is 26.8 Å². The number of carboxylic acids is 1. The molecule has 0 aromatic heterocycles. The van der Waals surface area contributed by atoms with Gasteiger partial charge in [-0.3, -0.25) is 9.59 Å². The van der Waals surface area contributed by atoms with Crippen molar-refractivity contribution >= 4 is 11.9 Å². The fraction of sp³-hybridized carbons (Fsp3) is 0.846. The van der Waals surface area contributed by atoms with Crippen molar-refractivity contribution in [2.45, 2.75) is 32.1 Å². The van der Waals surface area contributed by atoms with Crippen LogP contribution in [0.25, 0.3) is 0 Å². The van der Waals surface area contributed by atoms with E-state index in [0.717, 1.165) is 38.8 Å². The van der Waals surface area contributed by atoms with Gasteiger partial charge in [-0.15, -0.1) is 0 Å². The Morgan fingerprint density at radius 1 is 1.39 bits per heavy atom. The third-order valence-electron chi connectivity index (χ3n) is 4.34. The smallest absolute Gasteiger partial charge is 0.307 e. The average Bonchev–Trinajstić information content (AvgIpc) is 3.05. The molecule has 1 aliphatic carbocycles. The minimum absolute atomic E-state index is 0.00907. The molecular formula is C13H21NO4. The molecule has 0 bridgehead atoms. The fourth-order valence-electron chi connectivity index (χ4n) is 2.98. The Morgan fingerprint density at radius 2 is 2.06 bits per heavy atom. The molecule has 1 atom stereocenters. The van der Waals surface area contributed by atoms with Gasteiger partial charge in [0.2, 0.25) is 5.91 Å². The summed E-state index contributed by atoms with van der Waals surface area (Å²) in [6, 6.07) is 0. The largest absolute Gasteiger partial charge is 0.481 e. The van der Waals surface area contributed by atoms with Gasteiger partial charge in [0.1, 0.15) is 0 Å². The number of carboxylic acid groups (broad SMARTS) is 1. The number of carbonyl (C=O) groups excluding carboxylic acids is 1. The van der Waals surface area contributed by atoms with E-state index in [9.17, 15) is 9.59 Å². The van der Waals surface area contributed by atoms with Gasteiger partial charge in [0, 0.05) is 33.2 Å². The van der Waals surface area contributed by atoms with Crippen molar-refractivity contribution in [1.82, 2.24) is 4.90 Å². The molecule has 18 heavy (non-hydrogen) atoms. The molecule has 5 nitrogen and oxygen atoms in total. The third-order valence-corrected chi connectivity index (χ3v) is 4.34. The standard InChI is InChI=1S/C13H21NO4/c1-18-8-2-3-11(15)14-6-4-13(5-7-14)9-10(13)12(16)17/h10H,2-9H2,1H3,(H,16,17). The van der Waals surface area contributed by atoms with E-state index in [2.05, 4.69) is 0 Å². The Morgan fingerprint density at radius 3 is 2.56 bits per heavy atom. The topological polar surface area (TPSA) is 66.8 Å². The lowest BCUT2D eigenvalue weighted by atomic mass is 9.90. The highest BCUT2D eigenvalue weighted by atomic mass is 16.5. The summed E-state index contributed by atoms with van der Waals surface area (Å²) in [7, 11) is 1.63. The van der Waals surface area contributed by atoms with E-state index in [0.29, 0.717) is 13.0 Å². The lowest BCUT2D eigenvalue weighted by Crippen LogP contribution is -2.39. The van der Waals surface area contributed by atoms with Gasteiger partial charge in [-0.25, -0.2) is 0 Å². The number of amides is 1. The molecule has 1 spiro atoms. The fourth-order valence-corrected chi connectivity index (χ4v) is 2.98. The maximum atomic E-state index is 11.9. The number of ether oxygens (including phenoxy) is 1. The molecule has 1 saturated carbocycles. The van der Waals surface area contributed by atoms with Gasteiger partial charge < -0.3 is 14.7 Å². The van der Waals surface area contributed by atoms with Gasteiger partial charge in [-0.1, -0.05) is 0 Å². The second-order valence-electron chi connectivity index (χ2n) is 5.43. The molecule has 1 unspecified atom stereocenters. The molecule has 0 aromatic rings. The summed E-state index contributed by atoms with van der Waals surface area (Å²) < 4.78 is 4.93. The highest BCUT2D eigenvalue weighted by molar-refractivity contribution is 5.77. The first-order valence-corrected chi connectivity index (χ1v) is 6.58. The summed E-state index contributed by atoms with van der Waals surface area (Å²) in [4.78, 5) is 24.7. The zero-order valence-corrected chi connectivity index (χ0v) is 10.9. The van der Waals surface area contributed by atoms with E-state index < -0.39 is 5.97 Å². The van der Waals surface area contributed by atoms with Crippen molar-refractivity contribution in [2.24, 2.45) is 11.3 Å². The molecule has 2 fully saturated rings. The number of nitrogens with zero attached hydrogens (tertiary/aromatic N) is 1. The van der Waals surface area contributed by atoms with Crippen molar-refractivity contribution in [3.8, 4) is 0 Å². The van der Waals surface area contributed by atoms with Gasteiger partial charge in [-0.05, 0) is 31.1 Å². The number of carbonyl (C=O) groups is 2. The number of aliphatic carboxylic acids is 1. The lowest BCUT2D eigenvalue weighted by Gasteiger charge is -2.32. The molecule has 1 amide bonds. The summed E-state index contributed by atoms with van der Waals surface area (Å²) in [5, 5.41) is 8.99. The highest BCUT2D eigenvalue weighted by Crippen LogP contribution is 2.59. The van der Waals surface area contributed by atoms with Crippen LogP contribution in [-0.4, -0.2) is 48.7 Å². The molecule has 1 heterocycles. The van der Waals surface area contributed by atoms with Crippen LogP contribution < -0.4 is 0 Å². The Balaban J connectivity index is 1.74. The molecule has 0 radical (unpaired) electrons. The first kappa shape index (κ1) is 13.3. The van der Waals surface area contributed by atoms with Crippen molar-refractivity contribution < 1.29 is 19.4 Å². The van der Waals surface area contributed by atoms with Gasteiger partial charge in [0.05, 0.1) is 5.92 Å². The zero-order chi connectivity index (χ0) is 13.2. The average molecular weight is 255 g/mol. The molecule has 1 N–H and O–H groups in total. The van der Waals surface area contributed by atoms with Crippen LogP contribution in [-0.2, 0) is 14.3 Å². The summed E-state index contributed by atoms with van der Waals surface area (Å²) in [5.41, 5.74) is 0.00907. The summed E-state index contributed by atoms with van der Waals surface area (Å²) in [5.74, 6) is -0.660. The van der Waals surface area contributed by atoms with Gasteiger partial charge in [0.25, 0.3) is 0 Å². The summed E-state index contributed by atoms with van der Waals surface area (Å²) >= 11 is 0.